The molecule has 0 saturated carbocycles. The van der Waals surface area contributed by atoms with Crippen LogP contribution < -0.4 is 4.90 Å². The summed E-state index contributed by atoms with van der Waals surface area (Å²) >= 11 is 0. The molecule has 1 aliphatic heterocycles. The van der Waals surface area contributed by atoms with Crippen LogP contribution in [0.4, 0.5) is 5.82 Å². The van der Waals surface area contributed by atoms with Gasteiger partial charge < -0.3 is 9.80 Å². The van der Waals surface area contributed by atoms with E-state index in [0.29, 0.717) is 18.7 Å². The van der Waals surface area contributed by atoms with Gasteiger partial charge in [0.05, 0.1) is 11.4 Å². The van der Waals surface area contributed by atoms with E-state index in [0.717, 1.165) is 30.3 Å². The average Bonchev–Trinajstić information content (AvgIpc) is 3.23. The lowest BCUT2D eigenvalue weighted by molar-refractivity contribution is 0.0746. The molecule has 1 fully saturated rings. The van der Waals surface area contributed by atoms with E-state index in [1.807, 2.05) is 60.5 Å². The summed E-state index contributed by atoms with van der Waals surface area (Å²) in [6, 6.07) is 13.4. The summed E-state index contributed by atoms with van der Waals surface area (Å²) < 4.78 is 1.75. The molecule has 0 spiro atoms. The maximum absolute atomic E-state index is 12.9. The van der Waals surface area contributed by atoms with Crippen LogP contribution in [0.3, 0.4) is 0 Å². The summed E-state index contributed by atoms with van der Waals surface area (Å²) in [6.07, 6.45) is 3.59. The molecule has 0 aliphatic carbocycles. The maximum atomic E-state index is 12.9. The van der Waals surface area contributed by atoms with Gasteiger partial charge in [0.1, 0.15) is 0 Å². The molecule has 0 radical (unpaired) electrons. The Kier molecular flexibility index (Phi) is 4.35. The number of amides is 1. The molecule has 0 atom stereocenters. The van der Waals surface area contributed by atoms with Crippen LogP contribution in [0.5, 0.6) is 0 Å². The van der Waals surface area contributed by atoms with Crippen LogP contribution in [0, 0.1) is 6.92 Å². The summed E-state index contributed by atoms with van der Waals surface area (Å²) in [6.45, 7) is 4.76. The third-order valence-electron chi connectivity index (χ3n) is 4.54. The molecule has 0 unspecified atom stereocenters. The van der Waals surface area contributed by atoms with Gasteiger partial charge in [0.2, 0.25) is 0 Å². The highest BCUT2D eigenvalue weighted by Crippen LogP contribution is 2.16. The molecule has 132 valence electrons. The SMILES string of the molecule is Cc1ccc(N2CCN(C(=O)c3cccc(-n4cccn4)c3)CC2)nn1. The van der Waals surface area contributed by atoms with Gasteiger partial charge in [-0.1, -0.05) is 6.07 Å². The van der Waals surface area contributed by atoms with Crippen LogP contribution in [0.2, 0.25) is 0 Å². The number of benzene rings is 1. The molecule has 4 rings (SSSR count). The van der Waals surface area contributed by atoms with Gasteiger partial charge in [-0.25, -0.2) is 4.68 Å². The number of carbonyl (C=O) groups is 1. The van der Waals surface area contributed by atoms with E-state index in [1.54, 1.807) is 10.9 Å². The van der Waals surface area contributed by atoms with Gasteiger partial charge in [0, 0.05) is 44.1 Å². The minimum absolute atomic E-state index is 0.0497. The highest BCUT2D eigenvalue weighted by Gasteiger charge is 2.23. The molecule has 26 heavy (non-hydrogen) atoms. The Labute approximate surface area is 151 Å². The summed E-state index contributed by atoms with van der Waals surface area (Å²) in [7, 11) is 0. The lowest BCUT2D eigenvalue weighted by Gasteiger charge is -2.35. The summed E-state index contributed by atoms with van der Waals surface area (Å²) in [4.78, 5) is 16.9. The standard InChI is InChI=1S/C19H20N6O/c1-15-6-7-18(22-21-15)23-10-12-24(13-11-23)19(26)16-4-2-5-17(14-16)25-9-3-8-20-25/h2-9,14H,10-13H2,1H3. The van der Waals surface area contributed by atoms with Crippen molar-refractivity contribution in [1.29, 1.82) is 0 Å². The molecule has 7 heteroatoms. The molecule has 7 nitrogen and oxygen atoms in total. The second kappa shape index (κ2) is 6.95. The van der Waals surface area contributed by atoms with E-state index in [2.05, 4.69) is 20.2 Å². The summed E-state index contributed by atoms with van der Waals surface area (Å²) in [5.41, 5.74) is 2.47. The maximum Gasteiger partial charge on any atom is 0.254 e. The van der Waals surface area contributed by atoms with Gasteiger partial charge in [-0.3, -0.25) is 4.79 Å². The lowest BCUT2D eigenvalue weighted by Crippen LogP contribution is -2.49. The van der Waals surface area contributed by atoms with E-state index in [1.165, 1.54) is 0 Å². The Morgan fingerprint density at radius 3 is 2.54 bits per heavy atom. The molecule has 1 saturated heterocycles. The van der Waals surface area contributed by atoms with Crippen molar-refractivity contribution in [2.45, 2.75) is 6.92 Å². The van der Waals surface area contributed by atoms with Gasteiger partial charge in [-0.05, 0) is 43.3 Å². The van der Waals surface area contributed by atoms with Crippen molar-refractivity contribution >= 4 is 11.7 Å². The van der Waals surface area contributed by atoms with Crippen molar-refractivity contribution in [3.05, 3.63) is 66.1 Å². The van der Waals surface area contributed by atoms with Crippen LogP contribution >= 0.6 is 0 Å². The number of anilines is 1. The van der Waals surface area contributed by atoms with Crippen LogP contribution in [-0.2, 0) is 0 Å². The number of carbonyl (C=O) groups excluding carboxylic acids is 1. The average molecular weight is 348 g/mol. The zero-order valence-corrected chi connectivity index (χ0v) is 14.6. The Morgan fingerprint density at radius 2 is 1.85 bits per heavy atom. The van der Waals surface area contributed by atoms with E-state index in [9.17, 15) is 4.79 Å². The van der Waals surface area contributed by atoms with E-state index in [-0.39, 0.29) is 5.91 Å². The van der Waals surface area contributed by atoms with Crippen molar-refractivity contribution in [2.75, 3.05) is 31.1 Å². The second-order valence-electron chi connectivity index (χ2n) is 6.31. The van der Waals surface area contributed by atoms with Crippen molar-refractivity contribution in [2.24, 2.45) is 0 Å². The predicted octanol–water partition coefficient (Wildman–Crippen LogP) is 1.93. The fourth-order valence-electron chi connectivity index (χ4n) is 3.08. The largest absolute Gasteiger partial charge is 0.352 e. The predicted molar refractivity (Wildman–Crippen MR) is 98.4 cm³/mol. The van der Waals surface area contributed by atoms with Gasteiger partial charge in [-0.15, -0.1) is 5.10 Å². The van der Waals surface area contributed by atoms with Crippen molar-refractivity contribution in [3.63, 3.8) is 0 Å². The Hall–Kier alpha value is -3.22. The monoisotopic (exact) mass is 348 g/mol. The van der Waals surface area contributed by atoms with E-state index < -0.39 is 0 Å². The third-order valence-corrected chi connectivity index (χ3v) is 4.54. The fraction of sp³-hybridized carbons (Fsp3) is 0.263. The molecule has 1 amide bonds. The smallest absolute Gasteiger partial charge is 0.254 e. The van der Waals surface area contributed by atoms with Crippen molar-refractivity contribution in [3.8, 4) is 5.69 Å². The van der Waals surface area contributed by atoms with E-state index in [4.69, 9.17) is 0 Å². The fourth-order valence-corrected chi connectivity index (χ4v) is 3.08. The minimum atomic E-state index is 0.0497. The van der Waals surface area contributed by atoms with Crippen molar-refractivity contribution < 1.29 is 4.79 Å². The number of aryl methyl sites for hydroxylation is 1. The highest BCUT2D eigenvalue weighted by molar-refractivity contribution is 5.95. The molecule has 0 bridgehead atoms. The molecular formula is C19H20N6O. The lowest BCUT2D eigenvalue weighted by atomic mass is 10.1. The first kappa shape index (κ1) is 16.3. The first-order chi connectivity index (χ1) is 12.7. The summed E-state index contributed by atoms with van der Waals surface area (Å²) in [5, 5.41) is 12.6. The number of piperazine rings is 1. The van der Waals surface area contributed by atoms with E-state index >= 15 is 0 Å². The van der Waals surface area contributed by atoms with Gasteiger partial charge in [-0.2, -0.15) is 10.2 Å². The third kappa shape index (κ3) is 3.28. The molecule has 2 aromatic heterocycles. The second-order valence-corrected chi connectivity index (χ2v) is 6.31. The van der Waals surface area contributed by atoms with Crippen molar-refractivity contribution in [1.82, 2.24) is 24.9 Å². The van der Waals surface area contributed by atoms with Gasteiger partial charge in [0.15, 0.2) is 5.82 Å². The van der Waals surface area contributed by atoms with Crippen LogP contribution in [0.15, 0.2) is 54.9 Å². The zero-order chi connectivity index (χ0) is 17.9. The molecule has 1 aromatic carbocycles. The number of aromatic nitrogens is 4. The normalized spacial score (nSPS) is 14.5. The van der Waals surface area contributed by atoms with Gasteiger partial charge in [0.25, 0.3) is 5.91 Å². The topological polar surface area (TPSA) is 67.2 Å². The van der Waals surface area contributed by atoms with Crippen LogP contribution in [0.25, 0.3) is 5.69 Å². The van der Waals surface area contributed by atoms with Crippen LogP contribution in [0.1, 0.15) is 16.1 Å². The Balaban J connectivity index is 1.44. The number of hydrogen-bond donors (Lipinski definition) is 0. The first-order valence-electron chi connectivity index (χ1n) is 8.65. The molecule has 1 aliphatic rings. The number of hydrogen-bond acceptors (Lipinski definition) is 5. The van der Waals surface area contributed by atoms with Gasteiger partial charge >= 0.3 is 0 Å². The Morgan fingerprint density at radius 1 is 1.00 bits per heavy atom. The molecule has 3 heterocycles. The quantitative estimate of drug-likeness (QED) is 0.724. The number of nitrogens with zero attached hydrogens (tertiary/aromatic N) is 6. The molecular weight excluding hydrogens is 328 g/mol. The number of rotatable bonds is 3. The Bertz CT molecular complexity index is 883. The molecule has 3 aromatic rings. The summed E-state index contributed by atoms with van der Waals surface area (Å²) in [5.74, 6) is 0.914. The first-order valence-corrected chi connectivity index (χ1v) is 8.65. The zero-order valence-electron chi connectivity index (χ0n) is 14.6. The van der Waals surface area contributed by atoms with Crippen LogP contribution in [-0.4, -0.2) is 57.0 Å². The minimum Gasteiger partial charge on any atom is -0.352 e. The highest BCUT2D eigenvalue weighted by atomic mass is 16.2. The molecule has 0 N–H and O–H groups in total.